The van der Waals surface area contributed by atoms with Crippen LogP contribution in [-0.2, 0) is 6.54 Å². The number of thioether (sulfide) groups is 1. The van der Waals surface area contributed by atoms with Gasteiger partial charge in [-0.2, -0.15) is 11.8 Å². The standard InChI is InChI=1S/C18H29NOS/c1-3-4-12-20-17-10-8-15(9-11-17)14-19-16-6-5-7-18(13-16)21-2/h8-11,16,18-19H,3-7,12-14H2,1-2H3. The molecule has 1 aromatic rings. The summed E-state index contributed by atoms with van der Waals surface area (Å²) in [5.74, 6) is 0.993. The predicted molar refractivity (Wildman–Crippen MR) is 93.2 cm³/mol. The minimum absolute atomic E-state index is 0.691. The van der Waals surface area contributed by atoms with Crippen molar-refractivity contribution < 1.29 is 4.74 Å². The first-order valence-electron chi connectivity index (χ1n) is 8.29. The fourth-order valence-corrected chi connectivity index (χ4v) is 3.67. The van der Waals surface area contributed by atoms with Crippen LogP contribution in [0.5, 0.6) is 5.75 Å². The number of unbranched alkanes of at least 4 members (excludes halogenated alkanes) is 1. The zero-order valence-corrected chi connectivity index (χ0v) is 14.3. The maximum absolute atomic E-state index is 5.70. The molecule has 1 saturated carbocycles. The number of hydrogen-bond acceptors (Lipinski definition) is 3. The number of hydrogen-bond donors (Lipinski definition) is 1. The normalized spacial score (nSPS) is 22.2. The number of rotatable bonds is 8. The van der Waals surface area contributed by atoms with Crippen molar-refractivity contribution in [3.05, 3.63) is 29.8 Å². The average Bonchev–Trinajstić information content (AvgIpc) is 2.54. The molecule has 1 N–H and O–H groups in total. The second kappa shape index (κ2) is 9.37. The van der Waals surface area contributed by atoms with Gasteiger partial charge in [-0.25, -0.2) is 0 Å². The summed E-state index contributed by atoms with van der Waals surface area (Å²) in [6, 6.07) is 9.25. The van der Waals surface area contributed by atoms with Gasteiger partial charge in [-0.05, 0) is 49.6 Å². The summed E-state index contributed by atoms with van der Waals surface area (Å²) in [6.07, 6.45) is 9.96. The molecule has 2 unspecified atom stereocenters. The molecule has 21 heavy (non-hydrogen) atoms. The van der Waals surface area contributed by atoms with Gasteiger partial charge in [-0.3, -0.25) is 0 Å². The van der Waals surface area contributed by atoms with Gasteiger partial charge in [0.05, 0.1) is 6.61 Å². The second-order valence-corrected chi connectivity index (χ2v) is 7.09. The Morgan fingerprint density at radius 1 is 1.24 bits per heavy atom. The van der Waals surface area contributed by atoms with Crippen molar-refractivity contribution in [3.63, 3.8) is 0 Å². The molecule has 0 amide bonds. The molecule has 0 radical (unpaired) electrons. The molecule has 2 atom stereocenters. The van der Waals surface area contributed by atoms with Crippen LogP contribution in [0.1, 0.15) is 51.0 Å². The van der Waals surface area contributed by atoms with Crippen LogP contribution in [0.3, 0.4) is 0 Å². The van der Waals surface area contributed by atoms with Crippen molar-refractivity contribution in [3.8, 4) is 5.75 Å². The number of benzene rings is 1. The van der Waals surface area contributed by atoms with Crippen LogP contribution in [0.15, 0.2) is 24.3 Å². The zero-order valence-electron chi connectivity index (χ0n) is 13.4. The Bertz CT molecular complexity index is 393. The van der Waals surface area contributed by atoms with E-state index in [-0.39, 0.29) is 0 Å². The summed E-state index contributed by atoms with van der Waals surface area (Å²) < 4.78 is 5.70. The Labute approximate surface area is 134 Å². The lowest BCUT2D eigenvalue weighted by atomic mass is 9.95. The molecule has 0 aliphatic heterocycles. The quantitative estimate of drug-likeness (QED) is 0.708. The summed E-state index contributed by atoms with van der Waals surface area (Å²) >= 11 is 2.03. The molecule has 3 heteroatoms. The molecule has 1 aromatic carbocycles. The van der Waals surface area contributed by atoms with Crippen LogP contribution in [-0.4, -0.2) is 24.2 Å². The van der Waals surface area contributed by atoms with Crippen LogP contribution in [0.4, 0.5) is 0 Å². The predicted octanol–water partition coefficient (Wildman–Crippen LogP) is 4.63. The largest absolute Gasteiger partial charge is 0.494 e. The third kappa shape index (κ3) is 5.91. The lowest BCUT2D eigenvalue weighted by Gasteiger charge is -2.28. The summed E-state index contributed by atoms with van der Waals surface area (Å²) in [5.41, 5.74) is 1.35. The molecule has 1 aliphatic rings. The molecule has 0 heterocycles. The van der Waals surface area contributed by atoms with E-state index in [2.05, 4.69) is 42.8 Å². The fraction of sp³-hybridized carbons (Fsp3) is 0.667. The lowest BCUT2D eigenvalue weighted by Crippen LogP contribution is -2.34. The van der Waals surface area contributed by atoms with E-state index in [1.54, 1.807) is 0 Å². The van der Waals surface area contributed by atoms with Crippen molar-refractivity contribution in [1.29, 1.82) is 0 Å². The van der Waals surface area contributed by atoms with Gasteiger partial charge >= 0.3 is 0 Å². The average molecular weight is 308 g/mol. The van der Waals surface area contributed by atoms with Gasteiger partial charge in [0.25, 0.3) is 0 Å². The number of ether oxygens (including phenoxy) is 1. The van der Waals surface area contributed by atoms with E-state index in [1.807, 2.05) is 11.8 Å². The van der Waals surface area contributed by atoms with Gasteiger partial charge in [0.2, 0.25) is 0 Å². The topological polar surface area (TPSA) is 21.3 Å². The molecular weight excluding hydrogens is 278 g/mol. The maximum atomic E-state index is 5.70. The zero-order chi connectivity index (χ0) is 14.9. The Morgan fingerprint density at radius 2 is 2.05 bits per heavy atom. The molecular formula is C18H29NOS. The Hall–Kier alpha value is -0.670. The van der Waals surface area contributed by atoms with E-state index < -0.39 is 0 Å². The minimum Gasteiger partial charge on any atom is -0.494 e. The Kier molecular flexibility index (Phi) is 7.45. The van der Waals surface area contributed by atoms with Gasteiger partial charge in [-0.15, -0.1) is 0 Å². The summed E-state index contributed by atoms with van der Waals surface area (Å²) in [6.45, 7) is 3.98. The highest BCUT2D eigenvalue weighted by Gasteiger charge is 2.20. The molecule has 2 rings (SSSR count). The van der Waals surface area contributed by atoms with Crippen molar-refractivity contribution in [2.45, 2.75) is 63.3 Å². The lowest BCUT2D eigenvalue weighted by molar-refractivity contribution is 0.309. The third-order valence-corrected chi connectivity index (χ3v) is 5.34. The van der Waals surface area contributed by atoms with Crippen LogP contribution < -0.4 is 10.1 Å². The smallest absolute Gasteiger partial charge is 0.119 e. The van der Waals surface area contributed by atoms with Crippen molar-refractivity contribution in [1.82, 2.24) is 5.32 Å². The molecule has 0 bridgehead atoms. The van der Waals surface area contributed by atoms with E-state index >= 15 is 0 Å². The molecule has 0 aromatic heterocycles. The summed E-state index contributed by atoms with van der Waals surface area (Å²) in [7, 11) is 0. The van der Waals surface area contributed by atoms with E-state index in [0.29, 0.717) is 6.04 Å². The SMILES string of the molecule is CCCCOc1ccc(CNC2CCCC(SC)C2)cc1. The van der Waals surface area contributed by atoms with E-state index in [1.165, 1.54) is 37.7 Å². The van der Waals surface area contributed by atoms with E-state index in [9.17, 15) is 0 Å². The van der Waals surface area contributed by atoms with Crippen LogP contribution in [0.25, 0.3) is 0 Å². The second-order valence-electron chi connectivity index (χ2n) is 5.95. The number of nitrogens with one attached hydrogen (secondary N) is 1. The summed E-state index contributed by atoms with van der Waals surface area (Å²) in [4.78, 5) is 0. The third-order valence-electron chi connectivity index (χ3n) is 4.24. The highest BCUT2D eigenvalue weighted by Crippen LogP contribution is 2.27. The first-order chi connectivity index (χ1) is 10.3. The van der Waals surface area contributed by atoms with Crippen molar-refractivity contribution in [2.75, 3.05) is 12.9 Å². The molecule has 1 fully saturated rings. The Balaban J connectivity index is 1.73. The van der Waals surface area contributed by atoms with E-state index in [4.69, 9.17) is 4.74 Å². The van der Waals surface area contributed by atoms with Gasteiger partial charge < -0.3 is 10.1 Å². The van der Waals surface area contributed by atoms with E-state index in [0.717, 1.165) is 30.6 Å². The van der Waals surface area contributed by atoms with Crippen molar-refractivity contribution in [2.24, 2.45) is 0 Å². The van der Waals surface area contributed by atoms with Crippen LogP contribution in [0, 0.1) is 0 Å². The van der Waals surface area contributed by atoms with Crippen molar-refractivity contribution >= 4 is 11.8 Å². The monoisotopic (exact) mass is 307 g/mol. The molecule has 0 spiro atoms. The maximum Gasteiger partial charge on any atom is 0.119 e. The first-order valence-corrected chi connectivity index (χ1v) is 9.58. The molecule has 2 nitrogen and oxygen atoms in total. The van der Waals surface area contributed by atoms with Gasteiger partial charge in [-0.1, -0.05) is 31.9 Å². The van der Waals surface area contributed by atoms with Crippen LogP contribution in [0.2, 0.25) is 0 Å². The van der Waals surface area contributed by atoms with Gasteiger partial charge in [0.1, 0.15) is 5.75 Å². The first kappa shape index (κ1) is 16.7. The highest BCUT2D eigenvalue weighted by atomic mass is 32.2. The summed E-state index contributed by atoms with van der Waals surface area (Å²) in [5, 5.41) is 4.57. The fourth-order valence-electron chi connectivity index (χ4n) is 2.84. The molecule has 0 saturated heterocycles. The minimum atomic E-state index is 0.691. The molecule has 1 aliphatic carbocycles. The van der Waals surface area contributed by atoms with Gasteiger partial charge in [0.15, 0.2) is 0 Å². The van der Waals surface area contributed by atoms with Gasteiger partial charge in [0, 0.05) is 17.8 Å². The molecule has 118 valence electrons. The van der Waals surface area contributed by atoms with Crippen LogP contribution >= 0.6 is 11.8 Å². The highest BCUT2D eigenvalue weighted by molar-refractivity contribution is 7.99. The Morgan fingerprint density at radius 3 is 2.76 bits per heavy atom.